The Bertz CT molecular complexity index is 629. The van der Waals surface area contributed by atoms with Crippen LogP contribution in [0, 0.1) is 4.77 Å². The van der Waals surface area contributed by atoms with Gasteiger partial charge in [0.1, 0.15) is 5.56 Å². The van der Waals surface area contributed by atoms with E-state index in [4.69, 9.17) is 17.0 Å². The van der Waals surface area contributed by atoms with Gasteiger partial charge in [-0.2, -0.15) is 5.10 Å². The quantitative estimate of drug-likeness (QED) is 0.479. The summed E-state index contributed by atoms with van der Waals surface area (Å²) in [5, 5.41) is 16.1. The lowest BCUT2D eigenvalue weighted by Crippen LogP contribution is -2.32. The van der Waals surface area contributed by atoms with E-state index in [-0.39, 0.29) is 16.2 Å². The van der Waals surface area contributed by atoms with Crippen molar-refractivity contribution < 1.29 is 9.84 Å². The largest absolute Gasteiger partial charge is 0.494 e. The first-order valence-electron chi connectivity index (χ1n) is 6.17. The number of H-pyrrole nitrogens is 1. The van der Waals surface area contributed by atoms with Crippen LogP contribution in [-0.4, -0.2) is 52.2 Å². The van der Waals surface area contributed by atoms with Crippen LogP contribution in [0.5, 0.6) is 5.88 Å². The lowest BCUT2D eigenvalue weighted by Gasteiger charge is -2.23. The highest BCUT2D eigenvalue weighted by atomic mass is 32.1. The van der Waals surface area contributed by atoms with E-state index in [1.807, 2.05) is 0 Å². The summed E-state index contributed by atoms with van der Waals surface area (Å²) in [5.74, 6) is -0.212. The van der Waals surface area contributed by atoms with Gasteiger partial charge in [-0.15, -0.1) is 6.58 Å². The first-order chi connectivity index (χ1) is 9.63. The van der Waals surface area contributed by atoms with E-state index in [9.17, 15) is 9.90 Å². The first-order valence-corrected chi connectivity index (χ1v) is 6.58. The van der Waals surface area contributed by atoms with Crippen LogP contribution in [0.1, 0.15) is 5.56 Å². The molecule has 2 N–H and O–H groups in total. The average Bonchev–Trinajstić information content (AvgIpc) is 2.44. The van der Waals surface area contributed by atoms with E-state index in [2.05, 4.69) is 16.7 Å². The van der Waals surface area contributed by atoms with Gasteiger partial charge in [-0.25, -0.2) is 0 Å². The maximum absolute atomic E-state index is 11.8. The molecule has 0 radical (unpaired) electrons. The molecular formula is C12H16N4O3S. The van der Waals surface area contributed by atoms with Crippen molar-refractivity contribution >= 4 is 18.4 Å². The monoisotopic (exact) mass is 296 g/mol. The van der Waals surface area contributed by atoms with Crippen molar-refractivity contribution in [2.75, 3.05) is 26.3 Å². The lowest BCUT2D eigenvalue weighted by molar-refractivity contribution is 0.0396. The molecule has 0 unspecified atom stereocenters. The molecule has 108 valence electrons. The number of ether oxygens (including phenoxy) is 1. The number of morpholine rings is 1. The Morgan fingerprint density at radius 2 is 2.20 bits per heavy atom. The van der Waals surface area contributed by atoms with E-state index in [0.717, 1.165) is 0 Å². The molecular weight excluding hydrogens is 280 g/mol. The third kappa shape index (κ3) is 3.14. The van der Waals surface area contributed by atoms with Crippen LogP contribution in [0.2, 0.25) is 0 Å². The summed E-state index contributed by atoms with van der Waals surface area (Å²) >= 11 is 4.99. The smallest absolute Gasteiger partial charge is 0.264 e. The standard InChI is InChI=1S/C12H16N4O3S/c1-2-3-16-11(18)9(10(17)14-12(16)20)8-13-15-4-6-19-7-5-15/h2,8,18H,1,3-7H2,(H,14,17,20). The topological polar surface area (TPSA) is 82.8 Å². The second kappa shape index (κ2) is 6.49. The molecule has 0 saturated carbocycles. The fourth-order valence-electron chi connectivity index (χ4n) is 1.80. The Kier molecular flexibility index (Phi) is 4.70. The Hall–Kier alpha value is -1.93. The number of allylic oxidation sites excluding steroid dienone is 1. The third-order valence-electron chi connectivity index (χ3n) is 2.86. The number of nitrogens with zero attached hydrogens (tertiary/aromatic N) is 3. The molecule has 1 saturated heterocycles. The number of aromatic nitrogens is 2. The number of aromatic amines is 1. The second-order valence-corrected chi connectivity index (χ2v) is 4.59. The number of aromatic hydroxyl groups is 1. The fraction of sp³-hybridized carbons (Fsp3) is 0.417. The summed E-state index contributed by atoms with van der Waals surface area (Å²) in [6, 6.07) is 0. The molecule has 1 fully saturated rings. The fourth-order valence-corrected chi connectivity index (χ4v) is 2.05. The van der Waals surface area contributed by atoms with Crippen molar-refractivity contribution in [3.8, 4) is 5.88 Å². The maximum atomic E-state index is 11.8. The molecule has 0 bridgehead atoms. The van der Waals surface area contributed by atoms with Crippen LogP contribution in [-0.2, 0) is 11.3 Å². The molecule has 1 aromatic heterocycles. The molecule has 0 aliphatic carbocycles. The zero-order chi connectivity index (χ0) is 14.5. The Morgan fingerprint density at radius 3 is 2.85 bits per heavy atom. The number of hydrazone groups is 1. The number of rotatable bonds is 4. The molecule has 20 heavy (non-hydrogen) atoms. The summed E-state index contributed by atoms with van der Waals surface area (Å²) in [5.41, 5.74) is -0.392. The average molecular weight is 296 g/mol. The van der Waals surface area contributed by atoms with Crippen molar-refractivity contribution in [3.63, 3.8) is 0 Å². The highest BCUT2D eigenvalue weighted by molar-refractivity contribution is 7.71. The van der Waals surface area contributed by atoms with Crippen molar-refractivity contribution in [2.24, 2.45) is 5.10 Å². The number of nitrogens with one attached hydrogen (secondary N) is 1. The van der Waals surface area contributed by atoms with Gasteiger partial charge in [-0.3, -0.25) is 19.4 Å². The van der Waals surface area contributed by atoms with E-state index < -0.39 is 5.56 Å². The van der Waals surface area contributed by atoms with Crippen molar-refractivity contribution in [1.29, 1.82) is 0 Å². The van der Waals surface area contributed by atoms with E-state index in [1.165, 1.54) is 10.8 Å². The van der Waals surface area contributed by atoms with Crippen LogP contribution in [0.3, 0.4) is 0 Å². The van der Waals surface area contributed by atoms with E-state index in [0.29, 0.717) is 32.8 Å². The second-order valence-electron chi connectivity index (χ2n) is 4.21. The first kappa shape index (κ1) is 14.5. The summed E-state index contributed by atoms with van der Waals surface area (Å²) in [6.45, 7) is 6.39. The van der Waals surface area contributed by atoms with Crippen LogP contribution in [0.4, 0.5) is 0 Å². The predicted octanol–water partition coefficient (Wildman–Crippen LogP) is 0.464. The summed E-state index contributed by atoms with van der Waals surface area (Å²) in [7, 11) is 0. The van der Waals surface area contributed by atoms with Gasteiger partial charge in [-0.05, 0) is 12.2 Å². The van der Waals surface area contributed by atoms with Crippen LogP contribution in [0.15, 0.2) is 22.6 Å². The zero-order valence-electron chi connectivity index (χ0n) is 10.9. The molecule has 0 atom stereocenters. The minimum absolute atomic E-state index is 0.0759. The van der Waals surface area contributed by atoms with Crippen molar-refractivity contribution in [2.45, 2.75) is 6.54 Å². The highest BCUT2D eigenvalue weighted by Gasteiger charge is 2.11. The highest BCUT2D eigenvalue weighted by Crippen LogP contribution is 2.11. The minimum Gasteiger partial charge on any atom is -0.494 e. The normalized spacial score (nSPS) is 15.7. The molecule has 1 aliphatic heterocycles. The Labute approximate surface area is 120 Å². The number of hydrogen-bond donors (Lipinski definition) is 2. The molecule has 8 heteroatoms. The molecule has 0 spiro atoms. The molecule has 1 aromatic rings. The number of hydrogen-bond acceptors (Lipinski definition) is 6. The van der Waals surface area contributed by atoms with Gasteiger partial charge in [0.2, 0.25) is 5.88 Å². The van der Waals surface area contributed by atoms with E-state index in [1.54, 1.807) is 11.1 Å². The predicted molar refractivity (Wildman–Crippen MR) is 77.7 cm³/mol. The van der Waals surface area contributed by atoms with Gasteiger partial charge in [0.25, 0.3) is 5.56 Å². The van der Waals surface area contributed by atoms with Crippen LogP contribution < -0.4 is 5.56 Å². The van der Waals surface area contributed by atoms with Gasteiger partial charge >= 0.3 is 0 Å². The van der Waals surface area contributed by atoms with Crippen molar-refractivity contribution in [3.05, 3.63) is 33.3 Å². The molecule has 1 aliphatic rings. The van der Waals surface area contributed by atoms with Gasteiger partial charge in [0, 0.05) is 6.54 Å². The maximum Gasteiger partial charge on any atom is 0.264 e. The van der Waals surface area contributed by atoms with Gasteiger partial charge in [0.05, 0.1) is 32.5 Å². The third-order valence-corrected chi connectivity index (χ3v) is 3.18. The molecule has 2 heterocycles. The lowest BCUT2D eigenvalue weighted by atomic mass is 10.3. The van der Waals surface area contributed by atoms with Gasteiger partial charge in [0.15, 0.2) is 4.77 Å². The zero-order valence-corrected chi connectivity index (χ0v) is 11.7. The Morgan fingerprint density at radius 1 is 1.50 bits per heavy atom. The SMILES string of the molecule is C=CCn1c(O)c(C=NN2CCOCC2)c(=O)[nH]c1=S. The molecule has 7 nitrogen and oxygen atoms in total. The van der Waals surface area contributed by atoms with Crippen LogP contribution >= 0.6 is 12.2 Å². The van der Waals surface area contributed by atoms with Crippen LogP contribution in [0.25, 0.3) is 0 Å². The molecule has 0 aromatic carbocycles. The summed E-state index contributed by atoms with van der Waals surface area (Å²) in [6.07, 6.45) is 2.92. The summed E-state index contributed by atoms with van der Waals surface area (Å²) in [4.78, 5) is 14.3. The minimum atomic E-state index is -0.468. The van der Waals surface area contributed by atoms with E-state index >= 15 is 0 Å². The van der Waals surface area contributed by atoms with Gasteiger partial charge < -0.3 is 9.84 Å². The van der Waals surface area contributed by atoms with Gasteiger partial charge in [-0.1, -0.05) is 6.08 Å². The Balaban J connectivity index is 2.33. The summed E-state index contributed by atoms with van der Waals surface area (Å²) < 4.78 is 6.73. The molecule has 2 rings (SSSR count). The van der Waals surface area contributed by atoms with Crippen molar-refractivity contribution in [1.82, 2.24) is 14.6 Å². The molecule has 0 amide bonds.